The summed E-state index contributed by atoms with van der Waals surface area (Å²) in [6, 6.07) is 11.0. The average molecular weight is 457 g/mol. The summed E-state index contributed by atoms with van der Waals surface area (Å²) in [5.74, 6) is 1.41. The Morgan fingerprint density at radius 1 is 1.33 bits per heavy atom. The zero-order valence-electron chi connectivity index (χ0n) is 16.2. The molecular formula is C23H18Cl2N2O2S. The summed E-state index contributed by atoms with van der Waals surface area (Å²) in [6.45, 7) is 2.21. The predicted octanol–water partition coefficient (Wildman–Crippen LogP) is 6.96. The molecule has 4 nitrogen and oxygen atoms in total. The zero-order chi connectivity index (χ0) is 21.3. The zero-order valence-corrected chi connectivity index (χ0v) is 18.5. The summed E-state index contributed by atoms with van der Waals surface area (Å²) < 4.78 is 5.77. The molecule has 30 heavy (non-hydrogen) atoms. The first-order valence-corrected chi connectivity index (χ1v) is 11.1. The van der Waals surface area contributed by atoms with Gasteiger partial charge in [-0.2, -0.15) is 5.26 Å². The largest absolute Gasteiger partial charge is 0.457 e. The number of halogens is 2. The van der Waals surface area contributed by atoms with E-state index >= 15 is 0 Å². The molecule has 1 amide bonds. The second-order valence-corrected chi connectivity index (χ2v) is 9.27. The Balaban J connectivity index is 1.48. The van der Waals surface area contributed by atoms with Gasteiger partial charge in [0.1, 0.15) is 22.6 Å². The molecule has 1 atom stereocenters. The standard InChI is InChI=1S/C23H18Cl2N2O2S/c1-13-2-6-16-18(12-26)23(30-21(16)10-13)27-22(28)9-5-15-4-8-20(29-15)17-7-3-14(24)11-19(17)25/h3-5,7-9,11,13H,2,6,10H2,1H3,(H,27,28)/b9-5+/t13-/m0/s1. The monoisotopic (exact) mass is 456 g/mol. The lowest BCUT2D eigenvalue weighted by Gasteiger charge is -2.17. The molecule has 0 saturated carbocycles. The number of nitriles is 1. The molecule has 0 aliphatic heterocycles. The van der Waals surface area contributed by atoms with Gasteiger partial charge < -0.3 is 9.73 Å². The minimum absolute atomic E-state index is 0.305. The molecule has 2 heterocycles. The van der Waals surface area contributed by atoms with Gasteiger partial charge in [-0.15, -0.1) is 11.3 Å². The van der Waals surface area contributed by atoms with Crippen LogP contribution in [0.1, 0.15) is 35.1 Å². The van der Waals surface area contributed by atoms with E-state index in [1.54, 1.807) is 36.4 Å². The first-order chi connectivity index (χ1) is 14.4. The molecule has 0 fully saturated rings. The Morgan fingerprint density at radius 3 is 2.93 bits per heavy atom. The number of nitrogens with one attached hydrogen (secondary N) is 1. The first kappa shape index (κ1) is 20.7. The van der Waals surface area contributed by atoms with E-state index in [-0.39, 0.29) is 5.91 Å². The van der Waals surface area contributed by atoms with Crippen molar-refractivity contribution in [3.63, 3.8) is 0 Å². The third kappa shape index (κ3) is 4.32. The van der Waals surface area contributed by atoms with Crippen LogP contribution in [0.5, 0.6) is 0 Å². The van der Waals surface area contributed by atoms with Gasteiger partial charge in [0.25, 0.3) is 0 Å². The number of fused-ring (bicyclic) bond motifs is 1. The highest BCUT2D eigenvalue weighted by Gasteiger charge is 2.24. The van der Waals surface area contributed by atoms with Crippen molar-refractivity contribution in [2.75, 3.05) is 5.32 Å². The van der Waals surface area contributed by atoms with Gasteiger partial charge in [-0.3, -0.25) is 4.79 Å². The molecular weight excluding hydrogens is 439 g/mol. The minimum Gasteiger partial charge on any atom is -0.457 e. The normalized spacial score (nSPS) is 15.7. The van der Waals surface area contributed by atoms with Crippen molar-refractivity contribution in [1.82, 2.24) is 0 Å². The fraction of sp³-hybridized carbons (Fsp3) is 0.217. The Bertz CT molecular complexity index is 1190. The van der Waals surface area contributed by atoms with E-state index < -0.39 is 0 Å². The number of carbonyl (C=O) groups excluding carboxylic acids is 1. The van der Waals surface area contributed by atoms with Crippen LogP contribution in [0.3, 0.4) is 0 Å². The van der Waals surface area contributed by atoms with Crippen LogP contribution in [-0.4, -0.2) is 5.91 Å². The highest BCUT2D eigenvalue weighted by molar-refractivity contribution is 7.16. The number of benzene rings is 1. The maximum absolute atomic E-state index is 12.4. The number of rotatable bonds is 4. The average Bonchev–Trinajstić information content (AvgIpc) is 3.30. The second-order valence-electron chi connectivity index (χ2n) is 7.32. The van der Waals surface area contributed by atoms with Crippen LogP contribution in [0, 0.1) is 17.2 Å². The molecule has 2 aromatic heterocycles. The number of hydrogen-bond acceptors (Lipinski definition) is 4. The van der Waals surface area contributed by atoms with Crippen LogP contribution in [0.25, 0.3) is 17.4 Å². The van der Waals surface area contributed by atoms with Crippen LogP contribution in [0.4, 0.5) is 5.00 Å². The number of thiophene rings is 1. The third-order valence-corrected chi connectivity index (χ3v) is 6.80. The van der Waals surface area contributed by atoms with Crippen LogP contribution < -0.4 is 5.32 Å². The molecule has 4 rings (SSSR count). The molecule has 152 valence electrons. The minimum atomic E-state index is -0.305. The number of furan rings is 1. The van der Waals surface area contributed by atoms with Gasteiger partial charge in [0.05, 0.1) is 10.6 Å². The van der Waals surface area contributed by atoms with Gasteiger partial charge in [0.15, 0.2) is 0 Å². The van der Waals surface area contributed by atoms with E-state index in [0.717, 1.165) is 30.4 Å². The Hall–Kier alpha value is -2.52. The smallest absolute Gasteiger partial charge is 0.249 e. The van der Waals surface area contributed by atoms with E-state index in [1.807, 2.05) is 0 Å². The Labute approximate surface area is 188 Å². The number of amides is 1. The van der Waals surface area contributed by atoms with E-state index in [1.165, 1.54) is 22.3 Å². The number of anilines is 1. The van der Waals surface area contributed by atoms with Crippen molar-refractivity contribution in [1.29, 1.82) is 5.26 Å². The van der Waals surface area contributed by atoms with E-state index in [9.17, 15) is 10.1 Å². The van der Waals surface area contributed by atoms with Gasteiger partial charge >= 0.3 is 0 Å². The summed E-state index contributed by atoms with van der Waals surface area (Å²) in [5, 5.41) is 14.1. The lowest BCUT2D eigenvalue weighted by Crippen LogP contribution is -2.10. The molecule has 0 unspecified atom stereocenters. The fourth-order valence-corrected chi connectivity index (χ4v) is 5.41. The molecule has 1 N–H and O–H groups in total. The SMILES string of the molecule is C[C@H]1CCc2c(sc(NC(=O)/C=C/c3ccc(-c4ccc(Cl)cc4Cl)o3)c2C#N)C1. The van der Waals surface area contributed by atoms with Gasteiger partial charge in [-0.05, 0) is 67.2 Å². The van der Waals surface area contributed by atoms with Gasteiger partial charge in [0.2, 0.25) is 5.91 Å². The maximum Gasteiger partial charge on any atom is 0.249 e. The topological polar surface area (TPSA) is 66.0 Å². The predicted molar refractivity (Wildman–Crippen MR) is 122 cm³/mol. The van der Waals surface area contributed by atoms with Crippen LogP contribution in [0.15, 0.2) is 40.8 Å². The summed E-state index contributed by atoms with van der Waals surface area (Å²) in [6.07, 6.45) is 5.91. The molecule has 1 aromatic carbocycles. The highest BCUT2D eigenvalue weighted by Crippen LogP contribution is 2.39. The lowest BCUT2D eigenvalue weighted by molar-refractivity contribution is -0.111. The summed E-state index contributed by atoms with van der Waals surface area (Å²) >= 11 is 13.7. The van der Waals surface area contributed by atoms with E-state index in [0.29, 0.717) is 38.0 Å². The second kappa shape index (κ2) is 8.69. The van der Waals surface area contributed by atoms with Crippen molar-refractivity contribution < 1.29 is 9.21 Å². The van der Waals surface area contributed by atoms with Crippen LogP contribution in [-0.2, 0) is 17.6 Å². The highest BCUT2D eigenvalue weighted by atomic mass is 35.5. The number of carbonyl (C=O) groups is 1. The number of hydrogen-bond donors (Lipinski definition) is 1. The lowest BCUT2D eigenvalue weighted by atomic mass is 9.89. The van der Waals surface area contributed by atoms with Crippen molar-refractivity contribution in [3.05, 3.63) is 68.2 Å². The summed E-state index contributed by atoms with van der Waals surface area (Å²) in [5.41, 5.74) is 2.42. The molecule has 7 heteroatoms. The molecule has 1 aliphatic rings. The van der Waals surface area contributed by atoms with Crippen molar-refractivity contribution in [2.24, 2.45) is 5.92 Å². The van der Waals surface area contributed by atoms with Crippen molar-refractivity contribution >= 4 is 51.5 Å². The van der Waals surface area contributed by atoms with Crippen LogP contribution >= 0.6 is 34.5 Å². The Morgan fingerprint density at radius 2 is 2.17 bits per heavy atom. The summed E-state index contributed by atoms with van der Waals surface area (Å²) in [4.78, 5) is 13.6. The third-order valence-electron chi connectivity index (χ3n) is 5.08. The first-order valence-electron chi connectivity index (χ1n) is 9.53. The van der Waals surface area contributed by atoms with Crippen molar-refractivity contribution in [2.45, 2.75) is 26.2 Å². The molecule has 3 aromatic rings. The quantitative estimate of drug-likeness (QED) is 0.431. The maximum atomic E-state index is 12.4. The van der Waals surface area contributed by atoms with E-state index in [4.69, 9.17) is 27.6 Å². The molecule has 0 bridgehead atoms. The molecule has 1 aliphatic carbocycles. The molecule has 0 spiro atoms. The Kier molecular flexibility index (Phi) is 6.01. The number of nitrogens with zero attached hydrogens (tertiary/aromatic N) is 1. The fourth-order valence-electron chi connectivity index (χ4n) is 3.54. The molecule has 0 radical (unpaired) electrons. The van der Waals surface area contributed by atoms with Crippen molar-refractivity contribution in [3.8, 4) is 17.4 Å². The molecule has 0 saturated heterocycles. The van der Waals surface area contributed by atoms with Gasteiger partial charge in [-0.25, -0.2) is 0 Å². The van der Waals surface area contributed by atoms with Gasteiger partial charge in [0, 0.05) is 21.5 Å². The van der Waals surface area contributed by atoms with Gasteiger partial charge in [-0.1, -0.05) is 30.1 Å². The van der Waals surface area contributed by atoms with E-state index in [2.05, 4.69) is 18.3 Å². The van der Waals surface area contributed by atoms with Crippen LogP contribution in [0.2, 0.25) is 10.0 Å². The summed E-state index contributed by atoms with van der Waals surface area (Å²) in [7, 11) is 0.